The van der Waals surface area contributed by atoms with Gasteiger partial charge in [-0.1, -0.05) is 6.07 Å². The maximum absolute atomic E-state index is 14.0. The van der Waals surface area contributed by atoms with E-state index in [0.29, 0.717) is 13.1 Å². The van der Waals surface area contributed by atoms with Gasteiger partial charge < -0.3 is 15.4 Å². The van der Waals surface area contributed by atoms with Gasteiger partial charge in [0.1, 0.15) is 17.1 Å². The van der Waals surface area contributed by atoms with Gasteiger partial charge in [0, 0.05) is 12.6 Å². The summed E-state index contributed by atoms with van der Waals surface area (Å²) in [6.45, 7) is 1.18. The van der Waals surface area contributed by atoms with Crippen LogP contribution in [0.1, 0.15) is 36.0 Å². The summed E-state index contributed by atoms with van der Waals surface area (Å²) in [7, 11) is 1.44. The Bertz CT molecular complexity index is 477. The molecule has 20 heavy (non-hydrogen) atoms. The largest absolute Gasteiger partial charge is 0.496 e. The minimum atomic E-state index is -0.536. The third-order valence-corrected chi connectivity index (χ3v) is 3.80. The number of piperidine rings is 1. The summed E-state index contributed by atoms with van der Waals surface area (Å²) in [5.74, 6) is -0.545. The molecule has 5 heteroatoms. The lowest BCUT2D eigenvalue weighted by Gasteiger charge is -2.36. The molecule has 1 aromatic rings. The summed E-state index contributed by atoms with van der Waals surface area (Å²) < 4.78 is 19.1. The normalized spacial score (nSPS) is 18.9. The van der Waals surface area contributed by atoms with Crippen LogP contribution in [0.3, 0.4) is 0 Å². The Balaban J connectivity index is 2.29. The van der Waals surface area contributed by atoms with Crippen molar-refractivity contribution < 1.29 is 13.9 Å². The molecule has 0 aliphatic carbocycles. The zero-order valence-corrected chi connectivity index (χ0v) is 11.8. The van der Waals surface area contributed by atoms with Crippen molar-refractivity contribution in [3.8, 4) is 5.75 Å². The van der Waals surface area contributed by atoms with E-state index in [9.17, 15) is 9.18 Å². The molecule has 1 saturated heterocycles. The molecule has 1 aliphatic rings. The van der Waals surface area contributed by atoms with Crippen molar-refractivity contribution in [3.63, 3.8) is 0 Å². The number of methoxy groups -OCH3 is 1. The zero-order valence-electron chi connectivity index (χ0n) is 11.8. The predicted octanol–water partition coefficient (Wildman–Crippen LogP) is 2.18. The maximum atomic E-state index is 14.0. The van der Waals surface area contributed by atoms with Crippen LogP contribution < -0.4 is 10.5 Å². The molecule has 110 valence electrons. The number of rotatable bonds is 4. The molecule has 1 aliphatic heterocycles. The quantitative estimate of drug-likeness (QED) is 0.919. The molecule has 0 bridgehead atoms. The highest BCUT2D eigenvalue weighted by Gasteiger charge is 2.30. The van der Waals surface area contributed by atoms with Gasteiger partial charge in [0.05, 0.1) is 7.11 Å². The van der Waals surface area contributed by atoms with Crippen LogP contribution in [0.25, 0.3) is 0 Å². The molecular weight excluding hydrogens is 259 g/mol. The van der Waals surface area contributed by atoms with Gasteiger partial charge in [0.2, 0.25) is 0 Å². The topological polar surface area (TPSA) is 55.6 Å². The Morgan fingerprint density at radius 1 is 1.50 bits per heavy atom. The van der Waals surface area contributed by atoms with Crippen LogP contribution in [0.15, 0.2) is 18.2 Å². The van der Waals surface area contributed by atoms with E-state index in [4.69, 9.17) is 10.5 Å². The number of hydrogen-bond acceptors (Lipinski definition) is 3. The fraction of sp³-hybridized carbons (Fsp3) is 0.533. The van der Waals surface area contributed by atoms with Gasteiger partial charge >= 0.3 is 0 Å². The van der Waals surface area contributed by atoms with Crippen LogP contribution in [0.4, 0.5) is 4.39 Å². The molecule has 0 spiro atoms. The number of nitrogens with zero attached hydrogens (tertiary/aromatic N) is 1. The summed E-state index contributed by atoms with van der Waals surface area (Å²) in [4.78, 5) is 14.4. The monoisotopic (exact) mass is 280 g/mol. The minimum Gasteiger partial charge on any atom is -0.496 e. The summed E-state index contributed by atoms with van der Waals surface area (Å²) >= 11 is 0. The lowest BCUT2D eigenvalue weighted by molar-refractivity contribution is 0.0596. The van der Waals surface area contributed by atoms with Gasteiger partial charge in [-0.05, 0) is 44.4 Å². The Morgan fingerprint density at radius 3 is 3.00 bits per heavy atom. The van der Waals surface area contributed by atoms with Gasteiger partial charge in [0.15, 0.2) is 0 Å². The van der Waals surface area contributed by atoms with E-state index in [-0.39, 0.29) is 23.3 Å². The molecule has 2 N–H and O–H groups in total. The van der Waals surface area contributed by atoms with Gasteiger partial charge in [-0.3, -0.25) is 4.79 Å². The number of halogens is 1. The molecule has 1 fully saturated rings. The van der Waals surface area contributed by atoms with Crippen LogP contribution in [0.5, 0.6) is 5.75 Å². The van der Waals surface area contributed by atoms with Crippen LogP contribution in [0, 0.1) is 5.82 Å². The van der Waals surface area contributed by atoms with Crippen molar-refractivity contribution >= 4 is 5.91 Å². The van der Waals surface area contributed by atoms with Gasteiger partial charge in [-0.2, -0.15) is 0 Å². The van der Waals surface area contributed by atoms with Crippen LogP contribution >= 0.6 is 0 Å². The number of hydrogen-bond donors (Lipinski definition) is 1. The maximum Gasteiger partial charge on any atom is 0.260 e. The first-order valence-electron chi connectivity index (χ1n) is 7.02. The highest BCUT2D eigenvalue weighted by molar-refractivity contribution is 5.97. The molecule has 2 rings (SSSR count). The highest BCUT2D eigenvalue weighted by Crippen LogP contribution is 2.27. The Morgan fingerprint density at radius 2 is 2.30 bits per heavy atom. The Hall–Kier alpha value is -1.62. The first-order chi connectivity index (χ1) is 9.69. The predicted molar refractivity (Wildman–Crippen MR) is 75.3 cm³/mol. The van der Waals surface area contributed by atoms with Crippen molar-refractivity contribution in [1.82, 2.24) is 4.90 Å². The van der Waals surface area contributed by atoms with E-state index in [1.807, 2.05) is 0 Å². The summed E-state index contributed by atoms with van der Waals surface area (Å²) in [6.07, 6.45) is 3.72. The molecule has 4 nitrogen and oxygen atoms in total. The van der Waals surface area contributed by atoms with E-state index >= 15 is 0 Å². The standard InChI is InChI=1S/C15H21FN2O2/c1-20-13-7-4-6-12(16)14(13)15(19)18-10-3-2-5-11(18)8-9-17/h4,6-7,11H,2-3,5,8-10,17H2,1H3. The van der Waals surface area contributed by atoms with Gasteiger partial charge in [0.25, 0.3) is 5.91 Å². The lowest BCUT2D eigenvalue weighted by atomic mass is 9.98. The molecule has 1 aromatic carbocycles. The molecule has 1 unspecified atom stereocenters. The number of carbonyl (C=O) groups excluding carboxylic acids is 1. The van der Waals surface area contributed by atoms with Crippen molar-refractivity contribution in [2.24, 2.45) is 5.73 Å². The Labute approximate surface area is 118 Å². The fourth-order valence-corrected chi connectivity index (χ4v) is 2.79. The lowest BCUT2D eigenvalue weighted by Crippen LogP contribution is -2.45. The average molecular weight is 280 g/mol. The smallest absolute Gasteiger partial charge is 0.260 e. The van der Waals surface area contributed by atoms with Crippen molar-refractivity contribution in [1.29, 1.82) is 0 Å². The molecule has 1 heterocycles. The SMILES string of the molecule is COc1cccc(F)c1C(=O)N1CCCCC1CCN. The van der Waals surface area contributed by atoms with E-state index in [1.165, 1.54) is 13.2 Å². The summed E-state index contributed by atoms with van der Waals surface area (Å²) in [5, 5.41) is 0. The second kappa shape index (κ2) is 6.70. The zero-order chi connectivity index (χ0) is 14.5. The fourth-order valence-electron chi connectivity index (χ4n) is 2.79. The number of likely N-dealkylation sites (tertiary alicyclic amines) is 1. The molecule has 1 amide bonds. The third kappa shape index (κ3) is 2.93. The minimum absolute atomic E-state index is 0.0268. The molecule has 0 aromatic heterocycles. The van der Waals surface area contributed by atoms with E-state index in [1.54, 1.807) is 17.0 Å². The highest BCUT2D eigenvalue weighted by atomic mass is 19.1. The molecule has 0 radical (unpaired) electrons. The summed E-state index contributed by atoms with van der Waals surface area (Å²) in [5.41, 5.74) is 5.64. The van der Waals surface area contributed by atoms with Crippen LogP contribution in [-0.2, 0) is 0 Å². The van der Waals surface area contributed by atoms with Gasteiger partial charge in [-0.15, -0.1) is 0 Å². The Kier molecular flexibility index (Phi) is 4.95. The second-order valence-corrected chi connectivity index (χ2v) is 5.04. The van der Waals surface area contributed by atoms with Crippen molar-refractivity contribution in [3.05, 3.63) is 29.6 Å². The first-order valence-corrected chi connectivity index (χ1v) is 7.02. The average Bonchev–Trinajstić information content (AvgIpc) is 2.47. The number of nitrogens with two attached hydrogens (primary N) is 1. The van der Waals surface area contributed by atoms with Crippen LogP contribution in [0.2, 0.25) is 0 Å². The van der Waals surface area contributed by atoms with E-state index < -0.39 is 5.82 Å². The first kappa shape index (κ1) is 14.8. The number of carbonyl (C=O) groups is 1. The van der Waals surface area contributed by atoms with Crippen molar-refractivity contribution in [2.75, 3.05) is 20.2 Å². The van der Waals surface area contributed by atoms with E-state index in [2.05, 4.69) is 0 Å². The molecular formula is C15H21FN2O2. The number of amides is 1. The van der Waals surface area contributed by atoms with Crippen molar-refractivity contribution in [2.45, 2.75) is 31.7 Å². The van der Waals surface area contributed by atoms with E-state index in [0.717, 1.165) is 25.7 Å². The second-order valence-electron chi connectivity index (χ2n) is 5.04. The molecule has 1 atom stereocenters. The third-order valence-electron chi connectivity index (χ3n) is 3.80. The summed E-state index contributed by atoms with van der Waals surface area (Å²) in [6, 6.07) is 4.54. The molecule has 0 saturated carbocycles. The van der Waals surface area contributed by atoms with Crippen LogP contribution in [-0.4, -0.2) is 37.0 Å². The number of benzene rings is 1. The van der Waals surface area contributed by atoms with Gasteiger partial charge in [-0.25, -0.2) is 4.39 Å². The number of ether oxygens (including phenoxy) is 1.